The number of anilines is 2. The molecule has 2 N–H and O–H groups in total. The van der Waals surface area contributed by atoms with E-state index in [1.165, 1.54) is 24.5 Å². The predicted octanol–water partition coefficient (Wildman–Crippen LogP) is 2.37. The Morgan fingerprint density at radius 3 is 2.79 bits per heavy atom. The minimum Gasteiger partial charge on any atom is -0.394 e. The summed E-state index contributed by atoms with van der Waals surface area (Å²) in [5.74, 6) is 0.271. The average molecular weight is 334 g/mol. The zero-order valence-electron chi connectivity index (χ0n) is 13.3. The van der Waals surface area contributed by atoms with E-state index in [1.807, 2.05) is 0 Å². The summed E-state index contributed by atoms with van der Waals surface area (Å²) >= 11 is 0. The molecule has 128 valence electrons. The fourth-order valence-electron chi connectivity index (χ4n) is 3.01. The number of hydrogen-bond acceptors (Lipinski definition) is 5. The lowest BCUT2D eigenvalue weighted by Crippen LogP contribution is -2.32. The van der Waals surface area contributed by atoms with Crippen molar-refractivity contribution in [1.29, 1.82) is 0 Å². The van der Waals surface area contributed by atoms with Gasteiger partial charge in [-0.15, -0.1) is 0 Å². The van der Waals surface area contributed by atoms with Crippen LogP contribution < -0.4 is 10.2 Å². The summed E-state index contributed by atoms with van der Waals surface area (Å²) in [6, 6.07) is 5.74. The minimum atomic E-state index is -0.539. The molecule has 1 aliphatic rings. The first-order valence-corrected chi connectivity index (χ1v) is 8.05. The van der Waals surface area contributed by atoms with Gasteiger partial charge in [-0.2, -0.15) is 0 Å². The topological polar surface area (TPSA) is 61.3 Å². The Balaban J connectivity index is 1.63. The minimum absolute atomic E-state index is 0.0687. The van der Waals surface area contributed by atoms with E-state index >= 15 is 0 Å². The largest absolute Gasteiger partial charge is 0.394 e. The summed E-state index contributed by atoms with van der Waals surface area (Å²) < 4.78 is 27.2. The van der Waals surface area contributed by atoms with Gasteiger partial charge in [0.2, 0.25) is 0 Å². The number of rotatable bonds is 6. The highest BCUT2D eigenvalue weighted by Gasteiger charge is 2.25. The fourth-order valence-corrected chi connectivity index (χ4v) is 3.01. The third kappa shape index (κ3) is 3.62. The van der Waals surface area contributed by atoms with Gasteiger partial charge in [0.25, 0.3) is 0 Å². The molecule has 0 aliphatic carbocycles. The molecule has 1 fully saturated rings. The molecule has 1 aromatic carbocycles. The van der Waals surface area contributed by atoms with Gasteiger partial charge in [-0.1, -0.05) is 6.07 Å². The van der Waals surface area contributed by atoms with Crippen molar-refractivity contribution >= 4 is 11.6 Å². The number of nitrogens with one attached hydrogen (secondary N) is 1. The van der Waals surface area contributed by atoms with Gasteiger partial charge < -0.3 is 15.3 Å². The highest BCUT2D eigenvalue weighted by Crippen LogP contribution is 2.24. The highest BCUT2D eigenvalue weighted by atomic mass is 19.1. The second-order valence-corrected chi connectivity index (χ2v) is 5.81. The summed E-state index contributed by atoms with van der Waals surface area (Å²) in [6.07, 6.45) is 3.63. The zero-order valence-corrected chi connectivity index (χ0v) is 13.3. The Morgan fingerprint density at radius 1 is 1.25 bits per heavy atom. The van der Waals surface area contributed by atoms with E-state index in [1.54, 1.807) is 6.07 Å². The number of nitrogens with zero attached hydrogens (tertiary/aromatic N) is 3. The SMILES string of the molecule is OCC1CCCN1c1cc(NCCc2c(F)cccc2F)ncn1. The van der Waals surface area contributed by atoms with E-state index in [2.05, 4.69) is 20.2 Å². The Labute approximate surface area is 139 Å². The molecule has 7 heteroatoms. The van der Waals surface area contributed by atoms with E-state index in [0.29, 0.717) is 12.4 Å². The monoisotopic (exact) mass is 334 g/mol. The summed E-state index contributed by atoms with van der Waals surface area (Å²) in [6.45, 7) is 1.30. The zero-order chi connectivity index (χ0) is 16.9. The van der Waals surface area contributed by atoms with Crippen LogP contribution in [0.25, 0.3) is 0 Å². The number of hydrogen-bond donors (Lipinski definition) is 2. The lowest BCUT2D eigenvalue weighted by molar-refractivity contribution is 0.266. The van der Waals surface area contributed by atoms with Gasteiger partial charge >= 0.3 is 0 Å². The third-order valence-corrected chi connectivity index (χ3v) is 4.28. The van der Waals surface area contributed by atoms with Crippen LogP contribution in [0.2, 0.25) is 0 Å². The van der Waals surface area contributed by atoms with Crippen molar-refractivity contribution in [2.24, 2.45) is 0 Å². The van der Waals surface area contributed by atoms with Crippen molar-refractivity contribution in [3.8, 4) is 0 Å². The summed E-state index contributed by atoms with van der Waals surface area (Å²) in [5.41, 5.74) is 0.0687. The Morgan fingerprint density at radius 2 is 2.04 bits per heavy atom. The normalized spacial score (nSPS) is 17.3. The predicted molar refractivity (Wildman–Crippen MR) is 88.0 cm³/mol. The number of halogens is 2. The summed E-state index contributed by atoms with van der Waals surface area (Å²) in [5, 5.41) is 12.5. The molecule has 2 aromatic rings. The summed E-state index contributed by atoms with van der Waals surface area (Å²) in [4.78, 5) is 10.5. The molecule has 5 nitrogen and oxygen atoms in total. The molecule has 0 spiro atoms. The molecule has 24 heavy (non-hydrogen) atoms. The van der Waals surface area contributed by atoms with Gasteiger partial charge in [-0.05, 0) is 31.4 Å². The first kappa shape index (κ1) is 16.6. The lowest BCUT2D eigenvalue weighted by atomic mass is 10.1. The smallest absolute Gasteiger partial charge is 0.134 e. The molecule has 0 saturated carbocycles. The molecule has 0 amide bonds. The third-order valence-electron chi connectivity index (χ3n) is 4.28. The van der Waals surface area contributed by atoms with Gasteiger partial charge in [0.1, 0.15) is 29.6 Å². The van der Waals surface area contributed by atoms with Crippen LogP contribution in [-0.2, 0) is 6.42 Å². The van der Waals surface area contributed by atoms with Crippen molar-refractivity contribution in [3.63, 3.8) is 0 Å². The van der Waals surface area contributed by atoms with Crippen molar-refractivity contribution in [2.75, 3.05) is 29.9 Å². The van der Waals surface area contributed by atoms with Crippen LogP contribution in [0.15, 0.2) is 30.6 Å². The Hall–Kier alpha value is -2.28. The molecule has 1 aromatic heterocycles. The van der Waals surface area contributed by atoms with E-state index < -0.39 is 11.6 Å². The van der Waals surface area contributed by atoms with Gasteiger partial charge in [0.15, 0.2) is 0 Å². The molecule has 0 radical (unpaired) electrons. The van der Waals surface area contributed by atoms with E-state index in [0.717, 1.165) is 25.2 Å². The van der Waals surface area contributed by atoms with Crippen LogP contribution in [0.5, 0.6) is 0 Å². The molecular formula is C17H20F2N4O. The Bertz CT molecular complexity index is 678. The van der Waals surface area contributed by atoms with Gasteiger partial charge in [0.05, 0.1) is 12.6 Å². The molecule has 1 saturated heterocycles. The number of aliphatic hydroxyl groups excluding tert-OH is 1. The highest BCUT2D eigenvalue weighted by molar-refractivity contribution is 5.50. The Kier molecular flexibility index (Phi) is 5.20. The van der Waals surface area contributed by atoms with Crippen LogP contribution in [0.4, 0.5) is 20.4 Å². The standard InChI is InChI=1S/C17H20F2N4O/c18-14-4-1-5-15(19)13(14)6-7-20-16-9-17(22-11-21-16)23-8-2-3-12(23)10-24/h1,4-5,9,11-12,24H,2-3,6-8,10H2,(H,20,21,22). The van der Waals surface area contributed by atoms with Gasteiger partial charge in [-0.3, -0.25) is 0 Å². The number of aliphatic hydroxyl groups is 1. The molecule has 0 bridgehead atoms. The summed E-state index contributed by atoms with van der Waals surface area (Å²) in [7, 11) is 0. The van der Waals surface area contributed by atoms with Gasteiger partial charge in [-0.25, -0.2) is 18.7 Å². The van der Waals surface area contributed by atoms with Crippen LogP contribution in [-0.4, -0.2) is 40.8 Å². The average Bonchev–Trinajstić information content (AvgIpc) is 3.06. The molecule has 1 unspecified atom stereocenters. The molecule has 3 rings (SSSR count). The maximum atomic E-state index is 13.6. The van der Waals surface area contributed by atoms with E-state index in [9.17, 15) is 13.9 Å². The number of aromatic nitrogens is 2. The van der Waals surface area contributed by atoms with Gasteiger partial charge in [0, 0.05) is 24.7 Å². The van der Waals surface area contributed by atoms with Crippen molar-refractivity contribution < 1.29 is 13.9 Å². The van der Waals surface area contributed by atoms with Crippen LogP contribution in [0.3, 0.4) is 0 Å². The second kappa shape index (κ2) is 7.53. The fraction of sp³-hybridized carbons (Fsp3) is 0.412. The van der Waals surface area contributed by atoms with Crippen LogP contribution in [0, 0.1) is 11.6 Å². The first-order valence-electron chi connectivity index (χ1n) is 8.05. The van der Waals surface area contributed by atoms with Crippen molar-refractivity contribution in [1.82, 2.24) is 9.97 Å². The van der Waals surface area contributed by atoms with E-state index in [4.69, 9.17) is 0 Å². The van der Waals surface area contributed by atoms with Crippen LogP contribution in [0.1, 0.15) is 18.4 Å². The second-order valence-electron chi connectivity index (χ2n) is 5.81. The number of benzene rings is 1. The quantitative estimate of drug-likeness (QED) is 0.849. The van der Waals surface area contributed by atoms with Crippen LogP contribution >= 0.6 is 0 Å². The maximum Gasteiger partial charge on any atom is 0.134 e. The maximum absolute atomic E-state index is 13.6. The molecular weight excluding hydrogens is 314 g/mol. The first-order chi connectivity index (χ1) is 11.7. The molecule has 1 atom stereocenters. The van der Waals surface area contributed by atoms with Crippen molar-refractivity contribution in [3.05, 3.63) is 47.8 Å². The molecule has 2 heterocycles. The molecule has 1 aliphatic heterocycles. The lowest BCUT2D eigenvalue weighted by Gasteiger charge is -2.24. The van der Waals surface area contributed by atoms with E-state index in [-0.39, 0.29) is 24.6 Å². The van der Waals surface area contributed by atoms with Crippen molar-refractivity contribution in [2.45, 2.75) is 25.3 Å².